The van der Waals surface area contributed by atoms with Crippen molar-refractivity contribution in [1.82, 2.24) is 0 Å². The third kappa shape index (κ3) is 9.20. The van der Waals surface area contributed by atoms with Gasteiger partial charge in [-0.05, 0) is 0 Å². The molecule has 138 valence electrons. The van der Waals surface area contributed by atoms with Crippen molar-refractivity contribution in [3.05, 3.63) is 45.6 Å². The summed E-state index contributed by atoms with van der Waals surface area (Å²) in [6.45, 7) is 24.2. The Bertz CT molecular complexity index is 608. The Kier molecular flexibility index (Phi) is 6.97. The minimum atomic E-state index is -1.59. The van der Waals surface area contributed by atoms with E-state index in [0.717, 1.165) is 0 Å². The first-order valence-corrected chi connectivity index (χ1v) is 25.0. The minimum Gasteiger partial charge on any atom is -0.133 e. The van der Waals surface area contributed by atoms with E-state index in [2.05, 4.69) is 122 Å². The van der Waals surface area contributed by atoms with Gasteiger partial charge in [-0.25, -0.2) is 0 Å². The Morgan fingerprint density at radius 3 is 0.800 bits per heavy atom. The second-order valence-corrected chi connectivity index (χ2v) is 31.5. The molecule has 0 aliphatic carbocycles. The highest BCUT2D eigenvalue weighted by Crippen LogP contribution is 2.17. The quantitative estimate of drug-likeness (QED) is 0.326. The number of hydrogen-bond acceptors (Lipinski definition) is 0. The van der Waals surface area contributed by atoms with E-state index in [1.165, 1.54) is 0 Å². The van der Waals surface area contributed by atoms with Gasteiger partial charge < -0.3 is 0 Å². The molecule has 5 heteroatoms. The summed E-state index contributed by atoms with van der Waals surface area (Å²) in [5.41, 5.74) is 27.7. The molecule has 0 unspecified atom stereocenters. The molecule has 0 fully saturated rings. The SMILES string of the molecule is C[Si]1(C)C#C[Si](C)(C)/C=C\[Si](C)(C)/C=C\[Si](C)(C)/C=C\[Si](C)(C)/C=C\1. The molecule has 0 aromatic heterocycles. The van der Waals surface area contributed by atoms with Gasteiger partial charge in [0.05, 0.1) is 24.2 Å². The molecule has 0 amide bonds. The first-order valence-electron chi connectivity index (χ1n) is 9.39. The third-order valence-electron chi connectivity index (χ3n) is 4.45. The second kappa shape index (κ2) is 7.69. The summed E-state index contributed by atoms with van der Waals surface area (Å²) < 4.78 is 0. The van der Waals surface area contributed by atoms with Crippen molar-refractivity contribution in [2.24, 2.45) is 0 Å². The molecular weight excluding hydrogens is 381 g/mol. The van der Waals surface area contributed by atoms with Gasteiger partial charge in [-0.1, -0.05) is 111 Å². The van der Waals surface area contributed by atoms with E-state index in [0.29, 0.717) is 0 Å². The molecule has 0 spiro atoms. The van der Waals surface area contributed by atoms with Gasteiger partial charge in [0.15, 0.2) is 16.1 Å². The standard InChI is InChI=1S/C20H38Si5/c1-21(2)11-13-22(3,4)15-17-24(7,8)19-20-25(9,10)18-16-23(5,6)14-12-21/h11-18H,1-10H3/b13-11-,14-12-,17-15-,18-16-. The molecule has 1 heterocycles. The number of hydrogen-bond donors (Lipinski definition) is 0. The molecule has 1 rings (SSSR count). The van der Waals surface area contributed by atoms with Crippen molar-refractivity contribution in [3.8, 4) is 11.1 Å². The highest BCUT2D eigenvalue weighted by atomic mass is 28.3. The molecule has 0 atom stereocenters. The van der Waals surface area contributed by atoms with Gasteiger partial charge in [0.25, 0.3) is 0 Å². The molecule has 0 radical (unpaired) electrons. The summed E-state index contributed by atoms with van der Waals surface area (Å²) in [4.78, 5) is 0. The zero-order valence-corrected chi connectivity index (χ0v) is 23.1. The lowest BCUT2D eigenvalue weighted by Gasteiger charge is -2.20. The predicted octanol–water partition coefficient (Wildman–Crippen LogP) is 6.16. The van der Waals surface area contributed by atoms with Crippen molar-refractivity contribution < 1.29 is 0 Å². The monoisotopic (exact) mass is 418 g/mol. The lowest BCUT2D eigenvalue weighted by atomic mass is 11.2. The summed E-state index contributed by atoms with van der Waals surface area (Å²) in [5, 5.41) is 0. The van der Waals surface area contributed by atoms with E-state index in [4.69, 9.17) is 0 Å². The lowest BCUT2D eigenvalue weighted by Crippen LogP contribution is -2.29. The molecule has 0 nitrogen and oxygen atoms in total. The Morgan fingerprint density at radius 2 is 0.560 bits per heavy atom. The van der Waals surface area contributed by atoms with E-state index in [1.54, 1.807) is 0 Å². The fourth-order valence-electron chi connectivity index (χ4n) is 2.28. The maximum absolute atomic E-state index is 3.72. The summed E-state index contributed by atoms with van der Waals surface area (Å²) in [6, 6.07) is 0. The molecule has 0 aromatic carbocycles. The maximum atomic E-state index is 3.72. The van der Waals surface area contributed by atoms with Crippen molar-refractivity contribution >= 4 is 40.4 Å². The van der Waals surface area contributed by atoms with Gasteiger partial charge >= 0.3 is 0 Å². The largest absolute Gasteiger partial charge is 0.154 e. The van der Waals surface area contributed by atoms with Crippen LogP contribution in [0.3, 0.4) is 0 Å². The highest BCUT2D eigenvalue weighted by Gasteiger charge is 2.24. The average molecular weight is 419 g/mol. The molecule has 1 aliphatic heterocycles. The van der Waals surface area contributed by atoms with Crippen LogP contribution in [0.4, 0.5) is 0 Å². The van der Waals surface area contributed by atoms with Crippen LogP contribution in [0.15, 0.2) is 45.6 Å². The molecule has 0 saturated heterocycles. The molecule has 0 bridgehead atoms. The summed E-state index contributed by atoms with van der Waals surface area (Å²) in [7, 11) is -7.49. The van der Waals surface area contributed by atoms with Gasteiger partial charge in [0.2, 0.25) is 0 Å². The van der Waals surface area contributed by atoms with Crippen molar-refractivity contribution in [3.63, 3.8) is 0 Å². The van der Waals surface area contributed by atoms with Gasteiger partial charge in [-0.2, -0.15) is 0 Å². The summed E-state index contributed by atoms with van der Waals surface area (Å²) >= 11 is 0. The topological polar surface area (TPSA) is 0 Å². The normalized spacial score (nSPS) is 31.3. The Balaban J connectivity index is 3.45. The van der Waals surface area contributed by atoms with E-state index in [-0.39, 0.29) is 0 Å². The Labute approximate surface area is 162 Å². The van der Waals surface area contributed by atoms with Crippen LogP contribution in [0.1, 0.15) is 0 Å². The molecule has 25 heavy (non-hydrogen) atoms. The van der Waals surface area contributed by atoms with Gasteiger partial charge in [-0.15, -0.1) is 11.1 Å². The smallest absolute Gasteiger partial charge is 0.133 e. The zero-order valence-electron chi connectivity index (χ0n) is 18.1. The maximum Gasteiger partial charge on any atom is 0.154 e. The van der Waals surface area contributed by atoms with Crippen LogP contribution < -0.4 is 0 Å². The Morgan fingerprint density at radius 1 is 0.360 bits per heavy atom. The highest BCUT2D eigenvalue weighted by molar-refractivity contribution is 6.98. The van der Waals surface area contributed by atoms with Gasteiger partial charge in [0, 0.05) is 0 Å². The summed E-state index contributed by atoms with van der Waals surface area (Å²) in [5.74, 6) is 0. The van der Waals surface area contributed by atoms with Crippen molar-refractivity contribution in [2.45, 2.75) is 65.5 Å². The molecule has 0 N–H and O–H groups in total. The predicted molar refractivity (Wildman–Crippen MR) is 132 cm³/mol. The van der Waals surface area contributed by atoms with E-state index >= 15 is 0 Å². The van der Waals surface area contributed by atoms with Crippen LogP contribution in [0.2, 0.25) is 65.5 Å². The lowest BCUT2D eigenvalue weighted by molar-refractivity contribution is 1.77. The van der Waals surface area contributed by atoms with E-state index < -0.39 is 40.4 Å². The van der Waals surface area contributed by atoms with Crippen LogP contribution in [0.5, 0.6) is 0 Å². The molecular formula is C20H38Si5. The van der Waals surface area contributed by atoms with Crippen LogP contribution in [-0.2, 0) is 0 Å². The minimum absolute atomic E-state index is 1.43. The molecule has 0 aromatic rings. The molecule has 0 saturated carbocycles. The number of rotatable bonds is 0. The third-order valence-corrected chi connectivity index (χ3v) is 15.7. The zero-order chi connectivity index (χ0) is 19.6. The van der Waals surface area contributed by atoms with Gasteiger partial charge in [-0.3, -0.25) is 0 Å². The van der Waals surface area contributed by atoms with E-state index in [1.807, 2.05) is 0 Å². The molecule has 1 aliphatic rings. The van der Waals surface area contributed by atoms with Crippen LogP contribution in [0, 0.1) is 11.1 Å². The Hall–Kier alpha value is -0.396. The van der Waals surface area contributed by atoms with Crippen LogP contribution >= 0.6 is 0 Å². The van der Waals surface area contributed by atoms with Crippen LogP contribution in [0.25, 0.3) is 0 Å². The van der Waals surface area contributed by atoms with Crippen molar-refractivity contribution in [1.29, 1.82) is 0 Å². The van der Waals surface area contributed by atoms with E-state index in [9.17, 15) is 0 Å². The fraction of sp³-hybridized carbons (Fsp3) is 0.500. The second-order valence-electron chi connectivity index (χ2n) is 10.5. The summed E-state index contributed by atoms with van der Waals surface area (Å²) in [6.07, 6.45) is 0. The average Bonchev–Trinajstić information content (AvgIpc) is 2.46. The first kappa shape index (κ1) is 22.6. The first-order chi connectivity index (χ1) is 11.0. The van der Waals surface area contributed by atoms with Crippen molar-refractivity contribution in [2.75, 3.05) is 0 Å². The van der Waals surface area contributed by atoms with Gasteiger partial charge in [0.1, 0.15) is 0 Å². The fourth-order valence-corrected chi connectivity index (χ4v) is 19.0. The van der Waals surface area contributed by atoms with Crippen LogP contribution in [-0.4, -0.2) is 40.4 Å².